The number of hydrogen-bond acceptors (Lipinski definition) is 5. The minimum absolute atomic E-state index is 0.317. The SMILES string of the molecule is COC(=O)c1c(NC(=S)Nc2c(C)nn(Cc3ccccc3)c2C)sc2c1CCC2. The number of benzene rings is 1. The zero-order valence-electron chi connectivity index (χ0n) is 17.2. The highest BCUT2D eigenvalue weighted by molar-refractivity contribution is 7.80. The van der Waals surface area contributed by atoms with Gasteiger partial charge in [-0.05, 0) is 56.5 Å². The largest absolute Gasteiger partial charge is 0.465 e. The fourth-order valence-corrected chi connectivity index (χ4v) is 5.40. The lowest BCUT2D eigenvalue weighted by Crippen LogP contribution is -2.21. The number of hydrogen-bond donors (Lipinski definition) is 2. The lowest BCUT2D eigenvalue weighted by Gasteiger charge is -2.12. The maximum absolute atomic E-state index is 12.3. The van der Waals surface area contributed by atoms with Gasteiger partial charge in [0.2, 0.25) is 0 Å². The van der Waals surface area contributed by atoms with Crippen LogP contribution in [0.2, 0.25) is 0 Å². The van der Waals surface area contributed by atoms with Gasteiger partial charge in [0, 0.05) is 4.88 Å². The number of thiophene rings is 1. The lowest BCUT2D eigenvalue weighted by molar-refractivity contribution is 0.0601. The molecule has 30 heavy (non-hydrogen) atoms. The number of anilines is 2. The van der Waals surface area contributed by atoms with Crippen molar-refractivity contribution in [3.05, 3.63) is 63.3 Å². The topological polar surface area (TPSA) is 68.2 Å². The Balaban J connectivity index is 1.52. The summed E-state index contributed by atoms with van der Waals surface area (Å²) in [4.78, 5) is 13.6. The predicted octanol–water partition coefficient (Wildman–Crippen LogP) is 4.69. The number of nitrogens with zero attached hydrogens (tertiary/aromatic N) is 2. The monoisotopic (exact) mass is 440 g/mol. The molecule has 4 rings (SSSR count). The summed E-state index contributed by atoms with van der Waals surface area (Å²) in [7, 11) is 1.41. The molecule has 0 atom stereocenters. The average molecular weight is 441 g/mol. The average Bonchev–Trinajstić information content (AvgIpc) is 3.38. The van der Waals surface area contributed by atoms with Crippen LogP contribution in [0.5, 0.6) is 0 Å². The Hall–Kier alpha value is -2.71. The standard InChI is InChI=1S/C22H24N4O2S2/c1-13-19(14(2)26(25-13)12-15-8-5-4-6-9-15)23-22(29)24-20-18(21(27)28-3)16-10-7-11-17(16)30-20/h4-6,8-9H,7,10-12H2,1-3H3,(H2,23,24,29). The molecule has 8 heteroatoms. The van der Waals surface area contributed by atoms with Crippen LogP contribution in [0.3, 0.4) is 0 Å². The molecule has 0 unspecified atom stereocenters. The van der Waals surface area contributed by atoms with Crippen molar-refractivity contribution in [2.75, 3.05) is 17.7 Å². The summed E-state index contributed by atoms with van der Waals surface area (Å²) in [6, 6.07) is 10.2. The molecule has 2 aromatic heterocycles. The highest BCUT2D eigenvalue weighted by Crippen LogP contribution is 2.39. The molecule has 0 spiro atoms. The molecular weight excluding hydrogens is 416 g/mol. The van der Waals surface area contributed by atoms with Crippen molar-refractivity contribution in [2.45, 2.75) is 39.7 Å². The van der Waals surface area contributed by atoms with Crippen LogP contribution in [0.4, 0.5) is 10.7 Å². The zero-order chi connectivity index (χ0) is 21.3. The third-order valence-corrected chi connectivity index (χ3v) is 6.74. The van der Waals surface area contributed by atoms with Gasteiger partial charge in [-0.15, -0.1) is 11.3 Å². The van der Waals surface area contributed by atoms with Crippen molar-refractivity contribution in [2.24, 2.45) is 0 Å². The minimum atomic E-state index is -0.317. The van der Waals surface area contributed by atoms with Gasteiger partial charge in [0.25, 0.3) is 0 Å². The van der Waals surface area contributed by atoms with Crippen LogP contribution in [0.15, 0.2) is 30.3 Å². The molecule has 0 saturated carbocycles. The van der Waals surface area contributed by atoms with Crippen molar-refractivity contribution in [3.63, 3.8) is 0 Å². The van der Waals surface area contributed by atoms with E-state index in [-0.39, 0.29) is 5.97 Å². The van der Waals surface area contributed by atoms with E-state index in [2.05, 4.69) is 27.9 Å². The van der Waals surface area contributed by atoms with E-state index in [0.717, 1.165) is 46.9 Å². The first-order chi connectivity index (χ1) is 14.5. The second-order valence-electron chi connectivity index (χ2n) is 7.32. The molecular formula is C22H24N4O2S2. The third kappa shape index (κ3) is 3.97. The summed E-state index contributed by atoms with van der Waals surface area (Å²) in [6.45, 7) is 4.67. The number of fused-ring (bicyclic) bond motifs is 1. The van der Waals surface area contributed by atoms with Crippen LogP contribution in [0, 0.1) is 13.8 Å². The van der Waals surface area contributed by atoms with Gasteiger partial charge < -0.3 is 15.4 Å². The normalized spacial score (nSPS) is 12.5. The fourth-order valence-electron chi connectivity index (χ4n) is 3.85. The van der Waals surface area contributed by atoms with Crippen molar-refractivity contribution < 1.29 is 9.53 Å². The smallest absolute Gasteiger partial charge is 0.341 e. The van der Waals surface area contributed by atoms with Crippen molar-refractivity contribution in [3.8, 4) is 0 Å². The summed E-state index contributed by atoms with van der Waals surface area (Å²) >= 11 is 7.15. The molecule has 1 aromatic carbocycles. The summed E-state index contributed by atoms with van der Waals surface area (Å²) in [5.74, 6) is -0.317. The minimum Gasteiger partial charge on any atom is -0.465 e. The number of aromatic nitrogens is 2. The van der Waals surface area contributed by atoms with Gasteiger partial charge in [-0.1, -0.05) is 30.3 Å². The first-order valence-corrected chi connectivity index (χ1v) is 11.1. The maximum atomic E-state index is 12.3. The van der Waals surface area contributed by atoms with Gasteiger partial charge in [0.15, 0.2) is 5.11 Å². The van der Waals surface area contributed by atoms with Crippen LogP contribution < -0.4 is 10.6 Å². The van der Waals surface area contributed by atoms with Crippen molar-refractivity contribution in [1.82, 2.24) is 9.78 Å². The molecule has 0 fully saturated rings. The highest BCUT2D eigenvalue weighted by Gasteiger charge is 2.27. The number of nitrogens with one attached hydrogen (secondary N) is 2. The van der Waals surface area contributed by atoms with Crippen LogP contribution in [-0.4, -0.2) is 28.0 Å². The number of thiocarbonyl (C=S) groups is 1. The van der Waals surface area contributed by atoms with E-state index in [1.807, 2.05) is 36.7 Å². The molecule has 0 saturated heterocycles. The summed E-state index contributed by atoms with van der Waals surface area (Å²) in [5, 5.41) is 12.3. The summed E-state index contributed by atoms with van der Waals surface area (Å²) in [5.41, 5.74) is 5.66. The van der Waals surface area contributed by atoms with Crippen LogP contribution in [-0.2, 0) is 24.1 Å². The number of ether oxygens (including phenoxy) is 1. The first kappa shape index (κ1) is 20.6. The van der Waals surface area contributed by atoms with E-state index >= 15 is 0 Å². The third-order valence-electron chi connectivity index (χ3n) is 5.33. The van der Waals surface area contributed by atoms with Crippen LogP contribution >= 0.6 is 23.6 Å². The van der Waals surface area contributed by atoms with Crippen LogP contribution in [0.25, 0.3) is 0 Å². The number of aryl methyl sites for hydroxylation is 2. The zero-order valence-corrected chi connectivity index (χ0v) is 18.9. The van der Waals surface area contributed by atoms with E-state index in [1.165, 1.54) is 17.6 Å². The predicted molar refractivity (Wildman–Crippen MR) is 125 cm³/mol. The molecule has 0 bridgehead atoms. The van der Waals surface area contributed by atoms with Gasteiger partial charge in [0.05, 0.1) is 36.3 Å². The fraction of sp³-hybridized carbons (Fsp3) is 0.318. The second kappa shape index (κ2) is 8.57. The van der Waals surface area contributed by atoms with Crippen molar-refractivity contribution in [1.29, 1.82) is 0 Å². The Morgan fingerprint density at radius 2 is 2.00 bits per heavy atom. The van der Waals surface area contributed by atoms with E-state index in [0.29, 0.717) is 17.2 Å². The van der Waals surface area contributed by atoms with Gasteiger partial charge >= 0.3 is 5.97 Å². The van der Waals surface area contributed by atoms with E-state index in [1.54, 1.807) is 11.3 Å². The van der Waals surface area contributed by atoms with Gasteiger partial charge in [-0.3, -0.25) is 4.68 Å². The Bertz CT molecular complexity index is 1100. The molecule has 1 aliphatic rings. The number of esters is 1. The maximum Gasteiger partial charge on any atom is 0.341 e. The molecule has 6 nitrogen and oxygen atoms in total. The molecule has 2 heterocycles. The number of methoxy groups -OCH3 is 1. The number of rotatable bonds is 5. The number of carbonyl (C=O) groups is 1. The molecule has 1 aliphatic carbocycles. The number of carbonyl (C=O) groups excluding carboxylic acids is 1. The van der Waals surface area contributed by atoms with E-state index in [4.69, 9.17) is 17.0 Å². The van der Waals surface area contributed by atoms with Crippen molar-refractivity contribution >= 4 is 45.3 Å². The van der Waals surface area contributed by atoms with Gasteiger partial charge in [0.1, 0.15) is 5.00 Å². The summed E-state index contributed by atoms with van der Waals surface area (Å²) < 4.78 is 6.98. The van der Waals surface area contributed by atoms with Gasteiger partial charge in [-0.25, -0.2) is 4.79 Å². The quantitative estimate of drug-likeness (QED) is 0.443. The van der Waals surface area contributed by atoms with Crippen LogP contribution in [0.1, 0.15) is 44.2 Å². The molecule has 0 amide bonds. The Morgan fingerprint density at radius 3 is 2.73 bits per heavy atom. The van der Waals surface area contributed by atoms with Gasteiger partial charge in [-0.2, -0.15) is 5.10 Å². The molecule has 156 valence electrons. The molecule has 3 aromatic rings. The molecule has 0 radical (unpaired) electrons. The molecule has 2 N–H and O–H groups in total. The van der Waals surface area contributed by atoms with E-state index < -0.39 is 0 Å². The summed E-state index contributed by atoms with van der Waals surface area (Å²) in [6.07, 6.45) is 2.98. The van der Waals surface area contributed by atoms with E-state index in [9.17, 15) is 4.79 Å². The Morgan fingerprint density at radius 1 is 1.23 bits per heavy atom. The Kier molecular flexibility index (Phi) is 5.87. The Labute approximate surface area is 185 Å². The first-order valence-electron chi connectivity index (χ1n) is 9.86. The lowest BCUT2D eigenvalue weighted by atomic mass is 10.1. The highest BCUT2D eigenvalue weighted by atomic mass is 32.1. The molecule has 0 aliphatic heterocycles. The second-order valence-corrected chi connectivity index (χ2v) is 8.83.